The predicted octanol–water partition coefficient (Wildman–Crippen LogP) is 0.488. The highest BCUT2D eigenvalue weighted by atomic mass is 35.5. The molecule has 1 aromatic rings. The number of aromatic nitrogens is 1. The van der Waals surface area contributed by atoms with E-state index in [-0.39, 0.29) is 15.7 Å². The van der Waals surface area contributed by atoms with E-state index in [9.17, 15) is 16.8 Å². The van der Waals surface area contributed by atoms with Crippen LogP contribution in [0.25, 0.3) is 0 Å². The third-order valence-electron chi connectivity index (χ3n) is 2.27. The predicted molar refractivity (Wildman–Crippen MR) is 78.3 cm³/mol. The summed E-state index contributed by atoms with van der Waals surface area (Å²) >= 11 is 5.87. The summed E-state index contributed by atoms with van der Waals surface area (Å²) in [6.45, 7) is 1.47. The molecule has 1 unspecified atom stereocenters. The third kappa shape index (κ3) is 4.89. The Labute approximate surface area is 123 Å². The number of sulfonamides is 1. The number of nitrogens with one attached hydrogen (secondary N) is 2. The van der Waals surface area contributed by atoms with Crippen LogP contribution in [-0.4, -0.2) is 46.9 Å². The number of nitrogens with zero attached hydrogens (tertiary/aromatic N) is 1. The van der Waals surface area contributed by atoms with Crippen molar-refractivity contribution in [2.45, 2.75) is 17.9 Å². The molecule has 0 aliphatic carbocycles. The minimum absolute atomic E-state index is 0.123. The normalized spacial score (nSPS) is 14.0. The van der Waals surface area contributed by atoms with Crippen LogP contribution in [0.1, 0.15) is 6.92 Å². The molecule has 0 aliphatic heterocycles. The maximum atomic E-state index is 12.1. The quantitative estimate of drug-likeness (QED) is 0.780. The van der Waals surface area contributed by atoms with Crippen LogP contribution in [0.2, 0.25) is 5.02 Å². The lowest BCUT2D eigenvalue weighted by Crippen LogP contribution is -2.37. The van der Waals surface area contributed by atoms with E-state index in [2.05, 4.69) is 15.0 Å². The van der Waals surface area contributed by atoms with Gasteiger partial charge in [0.2, 0.25) is 10.0 Å². The molecular weight excluding hydrogens is 326 g/mol. The summed E-state index contributed by atoms with van der Waals surface area (Å²) in [5.74, 6) is 0.0666. The van der Waals surface area contributed by atoms with Crippen LogP contribution < -0.4 is 10.0 Å². The maximum absolute atomic E-state index is 12.1. The van der Waals surface area contributed by atoms with E-state index in [1.165, 1.54) is 13.0 Å². The average Bonchev–Trinajstić information content (AvgIpc) is 2.25. The van der Waals surface area contributed by atoms with Gasteiger partial charge < -0.3 is 5.32 Å². The zero-order valence-corrected chi connectivity index (χ0v) is 13.6. The molecule has 7 nitrogen and oxygen atoms in total. The van der Waals surface area contributed by atoms with Crippen LogP contribution in [0, 0.1) is 0 Å². The average molecular weight is 342 g/mol. The summed E-state index contributed by atoms with van der Waals surface area (Å²) < 4.78 is 48.6. The molecule has 2 N–H and O–H groups in total. The highest BCUT2D eigenvalue weighted by molar-refractivity contribution is 7.91. The Hall–Kier alpha value is -0.900. The molecule has 1 rings (SSSR count). The van der Waals surface area contributed by atoms with E-state index >= 15 is 0 Å². The van der Waals surface area contributed by atoms with Crippen LogP contribution in [0.4, 0.5) is 5.82 Å². The van der Waals surface area contributed by atoms with Gasteiger partial charge in [-0.05, 0) is 13.0 Å². The first-order valence-corrected chi connectivity index (χ1v) is 9.50. The van der Waals surface area contributed by atoms with Gasteiger partial charge in [-0.1, -0.05) is 11.6 Å². The lowest BCUT2D eigenvalue weighted by molar-refractivity contribution is 0.564. The lowest BCUT2D eigenvalue weighted by atomic mass is 10.4. The van der Waals surface area contributed by atoms with Crippen LogP contribution in [0.15, 0.2) is 17.2 Å². The zero-order valence-electron chi connectivity index (χ0n) is 11.2. The molecule has 0 amide bonds. The SMILES string of the molecule is CNc1ncc(S(=O)(=O)NC(C)CS(C)(=O)=O)cc1Cl. The molecular formula is C10H16ClN3O4S2. The second-order valence-electron chi connectivity index (χ2n) is 4.37. The smallest absolute Gasteiger partial charge is 0.242 e. The molecule has 1 aromatic heterocycles. The number of rotatable bonds is 6. The molecule has 0 bridgehead atoms. The van der Waals surface area contributed by atoms with Crippen molar-refractivity contribution in [1.29, 1.82) is 0 Å². The molecule has 0 aliphatic rings. The van der Waals surface area contributed by atoms with Gasteiger partial charge in [-0.3, -0.25) is 0 Å². The Balaban J connectivity index is 2.97. The molecule has 1 heterocycles. The summed E-state index contributed by atoms with van der Waals surface area (Å²) in [5.41, 5.74) is 0. The molecule has 114 valence electrons. The molecule has 1 atom stereocenters. The second kappa shape index (κ2) is 6.25. The van der Waals surface area contributed by atoms with Gasteiger partial charge in [-0.2, -0.15) is 0 Å². The number of hydrogen-bond acceptors (Lipinski definition) is 6. The van der Waals surface area contributed by atoms with Gasteiger partial charge >= 0.3 is 0 Å². The van der Waals surface area contributed by atoms with Gasteiger partial charge in [-0.15, -0.1) is 0 Å². The van der Waals surface area contributed by atoms with Gasteiger partial charge in [0, 0.05) is 25.5 Å². The number of anilines is 1. The highest BCUT2D eigenvalue weighted by Gasteiger charge is 2.21. The van der Waals surface area contributed by atoms with Gasteiger partial charge in [-0.25, -0.2) is 26.5 Å². The van der Waals surface area contributed by atoms with Gasteiger partial charge in [0.1, 0.15) is 20.6 Å². The van der Waals surface area contributed by atoms with E-state index < -0.39 is 25.9 Å². The van der Waals surface area contributed by atoms with Crippen LogP contribution >= 0.6 is 11.6 Å². The van der Waals surface area contributed by atoms with Gasteiger partial charge in [0.05, 0.1) is 10.8 Å². The zero-order chi connectivity index (χ0) is 15.6. The largest absolute Gasteiger partial charge is 0.372 e. The first kappa shape index (κ1) is 17.2. The van der Waals surface area contributed by atoms with Crippen LogP contribution in [-0.2, 0) is 19.9 Å². The van der Waals surface area contributed by atoms with Crippen molar-refractivity contribution in [3.8, 4) is 0 Å². The van der Waals surface area contributed by atoms with Crippen molar-refractivity contribution in [3.05, 3.63) is 17.3 Å². The summed E-state index contributed by atoms with van der Waals surface area (Å²) in [6, 6.07) is 0.494. The van der Waals surface area contributed by atoms with Crippen molar-refractivity contribution in [1.82, 2.24) is 9.71 Å². The Morgan fingerprint density at radius 2 is 1.95 bits per heavy atom. The fraction of sp³-hybridized carbons (Fsp3) is 0.500. The van der Waals surface area contributed by atoms with E-state index in [1.54, 1.807) is 7.05 Å². The first-order valence-electron chi connectivity index (χ1n) is 5.58. The topological polar surface area (TPSA) is 105 Å². The fourth-order valence-corrected chi connectivity index (χ4v) is 4.21. The standard InChI is InChI=1S/C10H16ClN3O4S2/c1-7(6-19(3,15)16)14-20(17,18)8-4-9(11)10(12-2)13-5-8/h4-5,7,14H,6H2,1-3H3,(H,12,13). The molecule has 0 saturated carbocycles. The fourth-order valence-electron chi connectivity index (χ4n) is 1.57. The third-order valence-corrected chi connectivity index (χ3v) is 5.22. The maximum Gasteiger partial charge on any atom is 0.242 e. The number of pyridine rings is 1. The Morgan fingerprint density at radius 1 is 1.35 bits per heavy atom. The summed E-state index contributed by atoms with van der Waals surface area (Å²) in [5, 5.41) is 2.87. The Morgan fingerprint density at radius 3 is 2.40 bits per heavy atom. The summed E-state index contributed by atoms with van der Waals surface area (Å²) in [4.78, 5) is 3.74. The highest BCUT2D eigenvalue weighted by Crippen LogP contribution is 2.22. The molecule has 0 saturated heterocycles. The first-order chi connectivity index (χ1) is 9.05. The van der Waals surface area contributed by atoms with Crippen LogP contribution in [0.5, 0.6) is 0 Å². The van der Waals surface area contributed by atoms with Crippen molar-refractivity contribution >= 4 is 37.3 Å². The Bertz CT molecular complexity index is 688. The van der Waals surface area contributed by atoms with Gasteiger partial charge in [0.15, 0.2) is 0 Å². The minimum atomic E-state index is -3.87. The molecule has 0 spiro atoms. The molecule has 0 fully saturated rings. The van der Waals surface area contributed by atoms with E-state index in [0.717, 1.165) is 12.5 Å². The van der Waals surface area contributed by atoms with E-state index in [0.29, 0.717) is 5.82 Å². The van der Waals surface area contributed by atoms with E-state index in [1.807, 2.05) is 0 Å². The number of hydrogen-bond donors (Lipinski definition) is 2. The minimum Gasteiger partial charge on any atom is -0.372 e. The molecule has 20 heavy (non-hydrogen) atoms. The van der Waals surface area contributed by atoms with E-state index in [4.69, 9.17) is 11.6 Å². The lowest BCUT2D eigenvalue weighted by Gasteiger charge is -2.13. The summed E-state index contributed by atoms with van der Waals surface area (Å²) in [7, 11) is -5.54. The van der Waals surface area contributed by atoms with Crippen molar-refractivity contribution in [2.75, 3.05) is 24.4 Å². The van der Waals surface area contributed by atoms with Crippen molar-refractivity contribution in [3.63, 3.8) is 0 Å². The van der Waals surface area contributed by atoms with Crippen LogP contribution in [0.3, 0.4) is 0 Å². The Kier molecular flexibility index (Phi) is 5.36. The number of sulfone groups is 1. The van der Waals surface area contributed by atoms with Crippen molar-refractivity contribution in [2.24, 2.45) is 0 Å². The monoisotopic (exact) mass is 341 g/mol. The molecule has 0 aromatic carbocycles. The van der Waals surface area contributed by atoms with Gasteiger partial charge in [0.25, 0.3) is 0 Å². The summed E-state index contributed by atoms with van der Waals surface area (Å²) in [6.07, 6.45) is 2.19. The van der Waals surface area contributed by atoms with Crippen molar-refractivity contribution < 1.29 is 16.8 Å². The second-order valence-corrected chi connectivity index (χ2v) is 8.67. The number of halogens is 1. The molecule has 10 heteroatoms. The molecule has 0 radical (unpaired) electrons.